The molecular formula is C19H15NO6. The van der Waals surface area contributed by atoms with Crippen molar-refractivity contribution in [3.8, 4) is 5.75 Å². The fourth-order valence-electron chi connectivity index (χ4n) is 2.44. The van der Waals surface area contributed by atoms with E-state index in [-0.39, 0.29) is 16.8 Å². The van der Waals surface area contributed by atoms with E-state index >= 15 is 0 Å². The van der Waals surface area contributed by atoms with Crippen LogP contribution in [0.5, 0.6) is 5.75 Å². The van der Waals surface area contributed by atoms with E-state index < -0.39 is 17.5 Å². The van der Waals surface area contributed by atoms with Crippen molar-refractivity contribution in [1.29, 1.82) is 0 Å². The van der Waals surface area contributed by atoms with E-state index in [2.05, 4.69) is 5.32 Å². The molecule has 0 bridgehead atoms. The number of anilines is 1. The first-order chi connectivity index (χ1) is 12.5. The Morgan fingerprint density at radius 2 is 1.96 bits per heavy atom. The smallest absolute Gasteiger partial charge is 0.349 e. The summed E-state index contributed by atoms with van der Waals surface area (Å²) in [5.41, 5.74) is -0.351. The zero-order valence-corrected chi connectivity index (χ0v) is 13.8. The van der Waals surface area contributed by atoms with Gasteiger partial charge in [-0.2, -0.15) is 0 Å². The van der Waals surface area contributed by atoms with Crippen LogP contribution < -0.4 is 15.7 Å². The van der Waals surface area contributed by atoms with Gasteiger partial charge in [-0.3, -0.25) is 4.79 Å². The van der Waals surface area contributed by atoms with Gasteiger partial charge in [0.25, 0.3) is 5.91 Å². The topological polar surface area (TPSA) is 106 Å². The van der Waals surface area contributed by atoms with Crippen molar-refractivity contribution in [3.63, 3.8) is 0 Å². The van der Waals surface area contributed by atoms with Crippen LogP contribution in [0.2, 0.25) is 0 Å². The van der Waals surface area contributed by atoms with Gasteiger partial charge in [0.15, 0.2) is 0 Å². The first-order valence-corrected chi connectivity index (χ1v) is 7.83. The molecule has 0 unspecified atom stereocenters. The summed E-state index contributed by atoms with van der Waals surface area (Å²) in [6, 6.07) is 12.1. The molecule has 0 radical (unpaired) electrons. The summed E-state index contributed by atoms with van der Waals surface area (Å²) in [4.78, 5) is 35.5. The minimum atomic E-state index is -1.12. The van der Waals surface area contributed by atoms with Gasteiger partial charge in [0.05, 0.1) is 12.2 Å². The molecule has 0 fully saturated rings. The fourth-order valence-corrected chi connectivity index (χ4v) is 2.44. The monoisotopic (exact) mass is 353 g/mol. The lowest BCUT2D eigenvalue weighted by atomic mass is 10.1. The van der Waals surface area contributed by atoms with Crippen LogP contribution in [0.25, 0.3) is 11.0 Å². The molecule has 7 heteroatoms. The highest BCUT2D eigenvalue weighted by Gasteiger charge is 2.15. The van der Waals surface area contributed by atoms with Crippen LogP contribution in [0.1, 0.15) is 27.6 Å². The lowest BCUT2D eigenvalue weighted by Gasteiger charge is -2.07. The third-order valence-electron chi connectivity index (χ3n) is 3.63. The Morgan fingerprint density at radius 1 is 1.15 bits per heavy atom. The number of hydrogen-bond acceptors (Lipinski definition) is 5. The second-order valence-corrected chi connectivity index (χ2v) is 5.42. The van der Waals surface area contributed by atoms with Gasteiger partial charge in [0.2, 0.25) is 0 Å². The van der Waals surface area contributed by atoms with E-state index in [4.69, 9.17) is 14.3 Å². The molecule has 0 atom stereocenters. The summed E-state index contributed by atoms with van der Waals surface area (Å²) in [5.74, 6) is -1.21. The number of nitrogens with one attached hydrogen (secondary N) is 1. The van der Waals surface area contributed by atoms with Crippen LogP contribution in [0.4, 0.5) is 5.69 Å². The molecule has 1 amide bonds. The Labute approximate surface area is 147 Å². The lowest BCUT2D eigenvalue weighted by molar-refractivity contribution is 0.0696. The molecule has 0 saturated carbocycles. The normalized spacial score (nSPS) is 10.5. The van der Waals surface area contributed by atoms with Crippen molar-refractivity contribution < 1.29 is 23.8 Å². The number of amides is 1. The van der Waals surface area contributed by atoms with Crippen molar-refractivity contribution in [2.75, 3.05) is 11.9 Å². The molecule has 1 aromatic heterocycles. The lowest BCUT2D eigenvalue weighted by Crippen LogP contribution is -2.20. The van der Waals surface area contributed by atoms with Crippen molar-refractivity contribution in [2.45, 2.75) is 6.92 Å². The summed E-state index contributed by atoms with van der Waals surface area (Å²) in [6.45, 7) is 2.33. The third kappa shape index (κ3) is 3.56. The van der Waals surface area contributed by atoms with E-state index in [0.29, 0.717) is 23.3 Å². The maximum atomic E-state index is 12.4. The number of benzene rings is 2. The summed E-state index contributed by atoms with van der Waals surface area (Å²) < 4.78 is 10.6. The van der Waals surface area contributed by atoms with Gasteiger partial charge in [0, 0.05) is 11.1 Å². The Hall–Kier alpha value is -3.61. The Morgan fingerprint density at radius 3 is 2.69 bits per heavy atom. The molecule has 0 saturated heterocycles. The highest BCUT2D eigenvalue weighted by atomic mass is 16.5. The summed E-state index contributed by atoms with van der Waals surface area (Å²) in [5, 5.41) is 12.0. The summed E-state index contributed by atoms with van der Waals surface area (Å²) in [6.07, 6.45) is 0. The van der Waals surface area contributed by atoms with Gasteiger partial charge in [-0.05, 0) is 49.4 Å². The second-order valence-electron chi connectivity index (χ2n) is 5.42. The third-order valence-corrected chi connectivity index (χ3v) is 3.63. The molecule has 1 heterocycles. The predicted molar refractivity (Wildman–Crippen MR) is 95.0 cm³/mol. The van der Waals surface area contributed by atoms with E-state index in [9.17, 15) is 14.4 Å². The van der Waals surface area contributed by atoms with Gasteiger partial charge >= 0.3 is 11.6 Å². The number of carbonyl (C=O) groups is 2. The van der Waals surface area contributed by atoms with Crippen LogP contribution >= 0.6 is 0 Å². The average molecular weight is 353 g/mol. The highest BCUT2D eigenvalue weighted by Crippen LogP contribution is 2.21. The van der Waals surface area contributed by atoms with Crippen molar-refractivity contribution >= 4 is 28.5 Å². The molecule has 2 N–H and O–H groups in total. The molecular weight excluding hydrogens is 338 g/mol. The number of carboxylic acid groups (broad SMARTS) is 1. The van der Waals surface area contributed by atoms with Gasteiger partial charge in [0.1, 0.15) is 16.9 Å². The van der Waals surface area contributed by atoms with Crippen LogP contribution in [-0.4, -0.2) is 23.6 Å². The largest absolute Gasteiger partial charge is 0.494 e. The number of carbonyl (C=O) groups excluding carboxylic acids is 1. The number of fused-ring (bicyclic) bond motifs is 1. The first-order valence-electron chi connectivity index (χ1n) is 7.83. The maximum absolute atomic E-state index is 12.4. The quantitative estimate of drug-likeness (QED) is 0.683. The molecule has 0 aliphatic carbocycles. The van der Waals surface area contributed by atoms with E-state index in [0.717, 1.165) is 0 Å². The van der Waals surface area contributed by atoms with Crippen molar-refractivity contribution in [2.24, 2.45) is 0 Å². The van der Waals surface area contributed by atoms with E-state index in [1.165, 1.54) is 30.3 Å². The van der Waals surface area contributed by atoms with E-state index in [1.807, 2.05) is 6.92 Å². The standard InChI is InChI=1S/C19H15NO6/c1-2-25-14-6-7-16-12(9-14)10-15(19(24)26-16)17(21)20-13-5-3-4-11(8-13)18(22)23/h3-10H,2H2,1H3,(H,20,21)(H,22,23). The molecule has 0 aliphatic rings. The van der Waals surface area contributed by atoms with Gasteiger partial charge in [-0.25, -0.2) is 9.59 Å². The molecule has 0 spiro atoms. The average Bonchev–Trinajstić information content (AvgIpc) is 2.61. The molecule has 3 rings (SSSR count). The minimum absolute atomic E-state index is 0.0229. The molecule has 0 aliphatic heterocycles. The molecule has 7 nitrogen and oxygen atoms in total. The fraction of sp³-hybridized carbons (Fsp3) is 0.105. The summed E-state index contributed by atoms with van der Waals surface area (Å²) in [7, 11) is 0. The number of rotatable bonds is 5. The van der Waals surface area contributed by atoms with Gasteiger partial charge in [-0.15, -0.1) is 0 Å². The molecule has 3 aromatic rings. The van der Waals surface area contributed by atoms with E-state index in [1.54, 1.807) is 18.2 Å². The Kier molecular flexibility index (Phi) is 4.70. The molecule has 26 heavy (non-hydrogen) atoms. The number of aromatic carboxylic acids is 1. The highest BCUT2D eigenvalue weighted by molar-refractivity contribution is 6.06. The maximum Gasteiger partial charge on any atom is 0.349 e. The SMILES string of the molecule is CCOc1ccc2oc(=O)c(C(=O)Nc3cccc(C(=O)O)c3)cc2c1. The van der Waals surface area contributed by atoms with Crippen LogP contribution in [-0.2, 0) is 0 Å². The predicted octanol–water partition coefficient (Wildman–Crippen LogP) is 3.14. The van der Waals surface area contributed by atoms with Crippen LogP contribution in [0.3, 0.4) is 0 Å². The van der Waals surface area contributed by atoms with Gasteiger partial charge in [-0.1, -0.05) is 6.07 Å². The van der Waals surface area contributed by atoms with Gasteiger partial charge < -0.3 is 19.6 Å². The van der Waals surface area contributed by atoms with Crippen LogP contribution in [0.15, 0.2) is 57.7 Å². The molecule has 2 aromatic carbocycles. The zero-order valence-electron chi connectivity index (χ0n) is 13.8. The second kappa shape index (κ2) is 7.10. The van der Waals surface area contributed by atoms with Crippen LogP contribution in [0, 0.1) is 0 Å². The molecule has 132 valence electrons. The Bertz CT molecular complexity index is 1050. The zero-order chi connectivity index (χ0) is 18.7. The summed E-state index contributed by atoms with van der Waals surface area (Å²) >= 11 is 0. The number of hydrogen-bond donors (Lipinski definition) is 2. The van der Waals surface area contributed by atoms with Crippen molar-refractivity contribution in [3.05, 3.63) is 70.1 Å². The number of carboxylic acids is 1. The van der Waals surface area contributed by atoms with Crippen molar-refractivity contribution in [1.82, 2.24) is 0 Å². The number of ether oxygens (including phenoxy) is 1. The minimum Gasteiger partial charge on any atom is -0.494 e. The first kappa shape index (κ1) is 17.2. The Balaban J connectivity index is 1.94.